The lowest BCUT2D eigenvalue weighted by atomic mass is 9.86. The van der Waals surface area contributed by atoms with Gasteiger partial charge in [-0.2, -0.15) is 0 Å². The molecule has 3 saturated carbocycles. The highest BCUT2D eigenvalue weighted by atomic mass is 19.1. The Kier molecular flexibility index (Phi) is 4.13. The summed E-state index contributed by atoms with van der Waals surface area (Å²) in [4.78, 5) is 12.9. The molecular formula is C20H26FNO. The van der Waals surface area contributed by atoms with E-state index in [0.717, 1.165) is 17.9 Å². The van der Waals surface area contributed by atoms with E-state index < -0.39 is 0 Å². The van der Waals surface area contributed by atoms with E-state index >= 15 is 0 Å². The van der Waals surface area contributed by atoms with Crippen LogP contribution in [0.2, 0.25) is 0 Å². The topological polar surface area (TPSA) is 29.1 Å². The fourth-order valence-corrected chi connectivity index (χ4v) is 5.26. The maximum atomic E-state index is 13.3. The second-order valence-corrected chi connectivity index (χ2v) is 7.86. The third kappa shape index (κ3) is 3.02. The molecule has 0 spiro atoms. The number of hydrogen-bond acceptors (Lipinski definition) is 1. The minimum Gasteiger partial charge on any atom is -0.349 e. The van der Waals surface area contributed by atoms with Gasteiger partial charge in [0.1, 0.15) is 5.82 Å². The molecule has 3 aliphatic carbocycles. The summed E-state index contributed by atoms with van der Waals surface area (Å²) in [6, 6.07) is 6.78. The van der Waals surface area contributed by atoms with Gasteiger partial charge in [0.25, 0.3) is 0 Å². The number of carbonyl (C=O) groups is 1. The van der Waals surface area contributed by atoms with Crippen LogP contribution in [-0.2, 0) is 4.79 Å². The highest BCUT2D eigenvalue weighted by Crippen LogP contribution is 2.48. The SMILES string of the molecule is O=C(N[C@@H](c1ccc(F)cc1)C1CCCC1)[C@@H]1C[C@H]2CC[C@H]1C2. The lowest BCUT2D eigenvalue weighted by molar-refractivity contribution is -0.127. The normalized spacial score (nSPS) is 31.4. The number of rotatable bonds is 4. The fraction of sp³-hybridized carbons (Fsp3) is 0.650. The van der Waals surface area contributed by atoms with Gasteiger partial charge in [-0.15, -0.1) is 0 Å². The Balaban J connectivity index is 1.51. The van der Waals surface area contributed by atoms with E-state index in [-0.39, 0.29) is 23.7 Å². The first-order valence-electron chi connectivity index (χ1n) is 9.26. The third-order valence-electron chi connectivity index (χ3n) is 6.47. The summed E-state index contributed by atoms with van der Waals surface area (Å²) in [6.45, 7) is 0. The Labute approximate surface area is 137 Å². The van der Waals surface area contributed by atoms with Crippen molar-refractivity contribution >= 4 is 5.91 Å². The van der Waals surface area contributed by atoms with Crippen LogP contribution in [0.25, 0.3) is 0 Å². The molecule has 0 saturated heterocycles. The van der Waals surface area contributed by atoms with Crippen molar-refractivity contribution in [1.82, 2.24) is 5.32 Å². The van der Waals surface area contributed by atoms with Crippen molar-refractivity contribution in [3.05, 3.63) is 35.6 Å². The molecular weight excluding hydrogens is 289 g/mol. The van der Waals surface area contributed by atoms with Crippen LogP contribution in [0.15, 0.2) is 24.3 Å². The molecule has 1 aromatic carbocycles. The molecule has 3 aliphatic rings. The summed E-state index contributed by atoms with van der Waals surface area (Å²) in [5.41, 5.74) is 1.06. The average Bonchev–Trinajstić information content (AvgIpc) is 3.30. The number of carbonyl (C=O) groups excluding carboxylic acids is 1. The van der Waals surface area contributed by atoms with Crippen LogP contribution in [-0.4, -0.2) is 5.91 Å². The summed E-state index contributed by atoms with van der Waals surface area (Å²) in [5, 5.41) is 3.36. The molecule has 124 valence electrons. The summed E-state index contributed by atoms with van der Waals surface area (Å²) >= 11 is 0. The monoisotopic (exact) mass is 315 g/mol. The van der Waals surface area contributed by atoms with E-state index in [0.29, 0.717) is 11.8 Å². The number of halogens is 1. The van der Waals surface area contributed by atoms with Crippen LogP contribution in [0.4, 0.5) is 4.39 Å². The zero-order valence-corrected chi connectivity index (χ0v) is 13.6. The largest absolute Gasteiger partial charge is 0.349 e. The molecule has 1 N–H and O–H groups in total. The minimum atomic E-state index is -0.210. The maximum Gasteiger partial charge on any atom is 0.223 e. The number of benzene rings is 1. The van der Waals surface area contributed by atoms with Crippen molar-refractivity contribution in [3.63, 3.8) is 0 Å². The molecule has 3 fully saturated rings. The van der Waals surface area contributed by atoms with Crippen molar-refractivity contribution in [1.29, 1.82) is 0 Å². The first kappa shape index (κ1) is 15.2. The summed E-state index contributed by atoms with van der Waals surface area (Å²) in [5.74, 6) is 2.15. The van der Waals surface area contributed by atoms with Gasteiger partial charge in [-0.3, -0.25) is 4.79 Å². The Morgan fingerprint density at radius 1 is 1.04 bits per heavy atom. The lowest BCUT2D eigenvalue weighted by Gasteiger charge is -2.29. The van der Waals surface area contributed by atoms with E-state index in [1.165, 1.54) is 57.1 Å². The Morgan fingerprint density at radius 2 is 1.78 bits per heavy atom. The van der Waals surface area contributed by atoms with Crippen LogP contribution in [0.3, 0.4) is 0 Å². The van der Waals surface area contributed by atoms with Crippen molar-refractivity contribution < 1.29 is 9.18 Å². The molecule has 0 radical (unpaired) electrons. The van der Waals surface area contributed by atoms with Crippen LogP contribution in [0, 0.1) is 29.5 Å². The van der Waals surface area contributed by atoms with Gasteiger partial charge in [-0.25, -0.2) is 4.39 Å². The first-order chi connectivity index (χ1) is 11.2. The maximum absolute atomic E-state index is 13.3. The Morgan fingerprint density at radius 3 is 2.39 bits per heavy atom. The fourth-order valence-electron chi connectivity index (χ4n) is 5.26. The molecule has 2 bridgehead atoms. The van der Waals surface area contributed by atoms with Gasteiger partial charge in [0.05, 0.1) is 6.04 Å². The molecule has 2 nitrogen and oxygen atoms in total. The van der Waals surface area contributed by atoms with Gasteiger partial charge in [-0.1, -0.05) is 31.4 Å². The van der Waals surface area contributed by atoms with Gasteiger partial charge in [0.15, 0.2) is 0 Å². The van der Waals surface area contributed by atoms with E-state index in [9.17, 15) is 9.18 Å². The molecule has 0 aromatic heterocycles. The Hall–Kier alpha value is -1.38. The first-order valence-corrected chi connectivity index (χ1v) is 9.26. The third-order valence-corrected chi connectivity index (χ3v) is 6.47. The van der Waals surface area contributed by atoms with E-state index in [1.54, 1.807) is 0 Å². The van der Waals surface area contributed by atoms with Gasteiger partial charge in [-0.05, 0) is 67.6 Å². The molecule has 3 heteroatoms. The van der Waals surface area contributed by atoms with E-state index in [4.69, 9.17) is 0 Å². The van der Waals surface area contributed by atoms with Gasteiger partial charge >= 0.3 is 0 Å². The minimum absolute atomic E-state index is 0.0599. The predicted octanol–water partition coefficient (Wildman–Crippen LogP) is 4.61. The molecule has 23 heavy (non-hydrogen) atoms. The zero-order valence-electron chi connectivity index (χ0n) is 13.6. The van der Waals surface area contributed by atoms with Crippen molar-refractivity contribution in [3.8, 4) is 0 Å². The average molecular weight is 315 g/mol. The van der Waals surface area contributed by atoms with Gasteiger partial charge in [0, 0.05) is 5.92 Å². The number of nitrogens with one attached hydrogen (secondary N) is 1. The molecule has 1 aromatic rings. The molecule has 0 unspecified atom stereocenters. The predicted molar refractivity (Wildman–Crippen MR) is 88.2 cm³/mol. The number of hydrogen-bond donors (Lipinski definition) is 1. The zero-order chi connectivity index (χ0) is 15.8. The molecule has 1 amide bonds. The van der Waals surface area contributed by atoms with Gasteiger partial charge in [0.2, 0.25) is 5.91 Å². The number of fused-ring (bicyclic) bond motifs is 2. The van der Waals surface area contributed by atoms with Gasteiger partial charge < -0.3 is 5.32 Å². The summed E-state index contributed by atoms with van der Waals surface area (Å²) in [6.07, 6.45) is 9.70. The lowest BCUT2D eigenvalue weighted by Crippen LogP contribution is -2.38. The Bertz CT molecular complexity index is 564. The molecule has 4 atom stereocenters. The standard InChI is InChI=1S/C20H26FNO/c21-17-9-7-15(8-10-17)19(14-3-1-2-4-14)22-20(23)18-12-13-5-6-16(18)11-13/h7-10,13-14,16,18-19H,1-6,11-12H2,(H,22,23)/t13-,16-,18+,19+/m0/s1. The molecule has 0 heterocycles. The molecule has 4 rings (SSSR count). The second-order valence-electron chi connectivity index (χ2n) is 7.86. The van der Waals surface area contributed by atoms with Crippen molar-refractivity contribution in [2.75, 3.05) is 0 Å². The highest BCUT2D eigenvalue weighted by Gasteiger charge is 2.43. The summed E-state index contributed by atoms with van der Waals surface area (Å²) in [7, 11) is 0. The van der Waals surface area contributed by atoms with E-state index in [2.05, 4.69) is 5.32 Å². The quantitative estimate of drug-likeness (QED) is 0.864. The van der Waals surface area contributed by atoms with Crippen LogP contribution in [0.5, 0.6) is 0 Å². The van der Waals surface area contributed by atoms with Crippen LogP contribution in [0.1, 0.15) is 63.0 Å². The molecule has 0 aliphatic heterocycles. The summed E-state index contributed by atoms with van der Waals surface area (Å²) < 4.78 is 13.3. The van der Waals surface area contributed by atoms with Crippen molar-refractivity contribution in [2.24, 2.45) is 23.7 Å². The van der Waals surface area contributed by atoms with Crippen LogP contribution >= 0.6 is 0 Å². The van der Waals surface area contributed by atoms with E-state index in [1.807, 2.05) is 12.1 Å². The highest BCUT2D eigenvalue weighted by molar-refractivity contribution is 5.80. The van der Waals surface area contributed by atoms with Crippen molar-refractivity contribution in [2.45, 2.75) is 57.4 Å². The number of amides is 1. The second kappa shape index (κ2) is 6.26. The smallest absolute Gasteiger partial charge is 0.223 e. The van der Waals surface area contributed by atoms with Crippen LogP contribution < -0.4 is 5.32 Å².